The third-order valence-electron chi connectivity index (χ3n) is 4.21. The Morgan fingerprint density at radius 3 is 2.86 bits per heavy atom. The molecule has 0 spiro atoms. The van der Waals surface area contributed by atoms with Crippen molar-refractivity contribution in [1.82, 2.24) is 15.2 Å². The van der Waals surface area contributed by atoms with E-state index in [9.17, 15) is 0 Å². The predicted molar refractivity (Wildman–Crippen MR) is 89.8 cm³/mol. The predicted octanol–water partition coefficient (Wildman–Crippen LogP) is 2.50. The van der Waals surface area contributed by atoms with Crippen LogP contribution in [0.3, 0.4) is 0 Å². The molecule has 1 aromatic rings. The molecule has 2 rings (SSSR count). The molecule has 1 aromatic heterocycles. The van der Waals surface area contributed by atoms with E-state index in [0.717, 1.165) is 13.1 Å². The average molecular weight is 290 g/mol. The summed E-state index contributed by atoms with van der Waals surface area (Å²) in [5.74, 6) is 0. The Morgan fingerprint density at radius 1 is 1.43 bits per heavy atom. The van der Waals surface area contributed by atoms with Crippen LogP contribution in [0.15, 0.2) is 18.5 Å². The summed E-state index contributed by atoms with van der Waals surface area (Å²) in [7, 11) is 4.44. The Hall–Kier alpha value is -1.13. The van der Waals surface area contributed by atoms with Gasteiger partial charge in [-0.1, -0.05) is 0 Å². The summed E-state index contributed by atoms with van der Waals surface area (Å²) in [6.45, 7) is 9.82. The second-order valence-corrected chi connectivity index (χ2v) is 7.28. The van der Waals surface area contributed by atoms with Crippen molar-refractivity contribution in [1.29, 1.82) is 0 Å². The van der Waals surface area contributed by atoms with E-state index < -0.39 is 0 Å². The van der Waals surface area contributed by atoms with E-state index in [-0.39, 0.29) is 5.54 Å². The topological polar surface area (TPSA) is 31.4 Å². The standard InChI is InChI=1S/C17H30N4/c1-17(2,3)19-12-14-11-18-9-8-16(14)21(5)15-7-6-10-20(4)13-15/h8-9,11,15,19H,6-7,10,12-13H2,1-5H3. The van der Waals surface area contributed by atoms with Crippen LogP contribution in [-0.2, 0) is 6.54 Å². The van der Waals surface area contributed by atoms with Crippen molar-refractivity contribution in [3.63, 3.8) is 0 Å². The molecule has 1 aliphatic heterocycles. The van der Waals surface area contributed by atoms with Crippen LogP contribution >= 0.6 is 0 Å². The van der Waals surface area contributed by atoms with E-state index in [1.165, 1.54) is 30.6 Å². The summed E-state index contributed by atoms with van der Waals surface area (Å²) in [6.07, 6.45) is 6.46. The van der Waals surface area contributed by atoms with E-state index in [4.69, 9.17) is 0 Å². The van der Waals surface area contributed by atoms with Gasteiger partial charge in [0.1, 0.15) is 0 Å². The van der Waals surface area contributed by atoms with Gasteiger partial charge in [-0.05, 0) is 53.3 Å². The molecule has 0 saturated carbocycles. The van der Waals surface area contributed by atoms with Crippen LogP contribution in [0.5, 0.6) is 0 Å². The molecule has 21 heavy (non-hydrogen) atoms. The average Bonchev–Trinajstić information content (AvgIpc) is 2.44. The first-order valence-electron chi connectivity index (χ1n) is 7.96. The lowest BCUT2D eigenvalue weighted by Crippen LogP contribution is -2.45. The van der Waals surface area contributed by atoms with Crippen molar-refractivity contribution in [3.8, 4) is 0 Å². The molecule has 0 radical (unpaired) electrons. The van der Waals surface area contributed by atoms with Crippen LogP contribution in [0.2, 0.25) is 0 Å². The molecule has 1 saturated heterocycles. The number of hydrogen-bond acceptors (Lipinski definition) is 4. The highest BCUT2D eigenvalue weighted by Gasteiger charge is 2.23. The summed E-state index contributed by atoms with van der Waals surface area (Å²) >= 11 is 0. The Balaban J connectivity index is 2.11. The highest BCUT2D eigenvalue weighted by Crippen LogP contribution is 2.24. The molecule has 0 bridgehead atoms. The fraction of sp³-hybridized carbons (Fsp3) is 0.706. The van der Waals surface area contributed by atoms with Crippen molar-refractivity contribution < 1.29 is 0 Å². The third kappa shape index (κ3) is 4.68. The van der Waals surface area contributed by atoms with Gasteiger partial charge in [-0.25, -0.2) is 0 Å². The first kappa shape index (κ1) is 16.2. The van der Waals surface area contributed by atoms with Gasteiger partial charge in [0.05, 0.1) is 0 Å². The lowest BCUT2D eigenvalue weighted by molar-refractivity contribution is 0.247. The maximum Gasteiger partial charge on any atom is 0.0443 e. The second kappa shape index (κ2) is 6.75. The van der Waals surface area contributed by atoms with Crippen molar-refractivity contribution in [2.75, 3.05) is 32.1 Å². The molecule has 1 unspecified atom stereocenters. The molecule has 1 N–H and O–H groups in total. The number of aromatic nitrogens is 1. The zero-order chi connectivity index (χ0) is 15.5. The SMILES string of the molecule is CN1CCCC(N(C)c2ccncc2CNC(C)(C)C)C1. The minimum Gasteiger partial charge on any atom is -0.370 e. The summed E-state index contributed by atoms with van der Waals surface area (Å²) < 4.78 is 0. The number of pyridine rings is 1. The molecule has 4 heteroatoms. The van der Waals surface area contributed by atoms with E-state index in [0.29, 0.717) is 6.04 Å². The Kier molecular flexibility index (Phi) is 5.22. The molecular weight excluding hydrogens is 260 g/mol. The van der Waals surface area contributed by atoms with Crippen molar-refractivity contribution in [2.24, 2.45) is 0 Å². The third-order valence-corrected chi connectivity index (χ3v) is 4.21. The monoisotopic (exact) mass is 290 g/mol. The number of hydrogen-bond donors (Lipinski definition) is 1. The molecule has 1 aliphatic rings. The van der Waals surface area contributed by atoms with Crippen LogP contribution in [-0.4, -0.2) is 48.6 Å². The van der Waals surface area contributed by atoms with Gasteiger partial charge in [-0.3, -0.25) is 4.98 Å². The van der Waals surface area contributed by atoms with Crippen molar-refractivity contribution in [2.45, 2.75) is 51.7 Å². The van der Waals surface area contributed by atoms with Gasteiger partial charge in [-0.15, -0.1) is 0 Å². The minimum atomic E-state index is 0.122. The molecule has 0 aromatic carbocycles. The summed E-state index contributed by atoms with van der Waals surface area (Å²) in [4.78, 5) is 9.18. The maximum absolute atomic E-state index is 4.31. The number of rotatable bonds is 4. The normalized spacial score (nSPS) is 20.5. The number of likely N-dealkylation sites (tertiary alicyclic amines) is 1. The molecule has 2 heterocycles. The molecule has 4 nitrogen and oxygen atoms in total. The van der Waals surface area contributed by atoms with E-state index in [1.807, 2.05) is 12.4 Å². The van der Waals surface area contributed by atoms with Crippen molar-refractivity contribution >= 4 is 5.69 Å². The highest BCUT2D eigenvalue weighted by molar-refractivity contribution is 5.52. The largest absolute Gasteiger partial charge is 0.370 e. The first-order valence-corrected chi connectivity index (χ1v) is 7.96. The Bertz CT molecular complexity index is 452. The summed E-state index contributed by atoms with van der Waals surface area (Å²) in [6, 6.07) is 2.74. The molecule has 1 atom stereocenters. The van der Waals surface area contributed by atoms with Crippen LogP contribution in [0.1, 0.15) is 39.2 Å². The van der Waals surface area contributed by atoms with E-state index in [2.05, 4.69) is 61.0 Å². The first-order chi connectivity index (χ1) is 9.87. The van der Waals surface area contributed by atoms with Gasteiger partial charge in [0.15, 0.2) is 0 Å². The minimum absolute atomic E-state index is 0.122. The van der Waals surface area contributed by atoms with E-state index in [1.54, 1.807) is 0 Å². The van der Waals surface area contributed by atoms with E-state index >= 15 is 0 Å². The molecule has 118 valence electrons. The summed E-state index contributed by atoms with van der Waals surface area (Å²) in [5.41, 5.74) is 2.71. The van der Waals surface area contributed by atoms with Crippen LogP contribution in [0.25, 0.3) is 0 Å². The smallest absolute Gasteiger partial charge is 0.0443 e. The fourth-order valence-corrected chi connectivity index (χ4v) is 2.91. The van der Waals surface area contributed by atoms with Gasteiger partial charge < -0.3 is 15.1 Å². The van der Waals surface area contributed by atoms with Crippen LogP contribution in [0.4, 0.5) is 5.69 Å². The second-order valence-electron chi connectivity index (χ2n) is 7.28. The highest BCUT2D eigenvalue weighted by atomic mass is 15.2. The van der Waals surface area contributed by atoms with Crippen LogP contribution < -0.4 is 10.2 Å². The zero-order valence-electron chi connectivity index (χ0n) is 14.2. The number of nitrogens with one attached hydrogen (secondary N) is 1. The van der Waals surface area contributed by atoms with Crippen LogP contribution in [0, 0.1) is 0 Å². The van der Waals surface area contributed by atoms with Crippen molar-refractivity contribution in [3.05, 3.63) is 24.0 Å². The molecule has 0 aliphatic carbocycles. The number of nitrogens with zero attached hydrogens (tertiary/aromatic N) is 3. The zero-order valence-corrected chi connectivity index (χ0v) is 14.2. The Morgan fingerprint density at radius 2 is 2.19 bits per heavy atom. The number of piperidine rings is 1. The quantitative estimate of drug-likeness (QED) is 0.923. The lowest BCUT2D eigenvalue weighted by atomic mass is 10.0. The van der Waals surface area contributed by atoms with Gasteiger partial charge in [0.25, 0.3) is 0 Å². The maximum atomic E-state index is 4.31. The molecule has 1 fully saturated rings. The number of likely N-dealkylation sites (N-methyl/N-ethyl adjacent to an activating group) is 2. The number of anilines is 1. The van der Waals surface area contributed by atoms with Gasteiger partial charge >= 0.3 is 0 Å². The molecule has 0 amide bonds. The fourth-order valence-electron chi connectivity index (χ4n) is 2.91. The van der Waals surface area contributed by atoms with Gasteiger partial charge in [0, 0.05) is 55.4 Å². The van der Waals surface area contributed by atoms with Gasteiger partial charge in [0.2, 0.25) is 0 Å². The lowest BCUT2D eigenvalue weighted by Gasteiger charge is -2.38. The van der Waals surface area contributed by atoms with Gasteiger partial charge in [-0.2, -0.15) is 0 Å². The molecular formula is C17H30N4. The Labute approximate surface area is 129 Å². The summed E-state index contributed by atoms with van der Waals surface area (Å²) in [5, 5.41) is 3.57.